The second kappa shape index (κ2) is 7.27. The van der Waals surface area contributed by atoms with Gasteiger partial charge in [0.2, 0.25) is 0 Å². The molecule has 134 valence electrons. The SMILES string of the molecule is CC1(C)CC(N(Cc2ccccc2)Cc2ccncc2)CC(C)(C)N1. The Labute approximate surface area is 152 Å². The number of nitrogens with zero attached hydrogens (tertiary/aromatic N) is 2. The molecule has 1 aromatic carbocycles. The Morgan fingerprint density at radius 1 is 0.880 bits per heavy atom. The van der Waals surface area contributed by atoms with Crippen LogP contribution in [0.25, 0.3) is 0 Å². The lowest BCUT2D eigenvalue weighted by Crippen LogP contribution is -2.62. The van der Waals surface area contributed by atoms with E-state index in [1.807, 2.05) is 12.4 Å². The molecule has 1 aliphatic heterocycles. The van der Waals surface area contributed by atoms with Crippen LogP contribution in [0.5, 0.6) is 0 Å². The van der Waals surface area contributed by atoms with Crippen molar-refractivity contribution in [1.29, 1.82) is 0 Å². The van der Waals surface area contributed by atoms with Crippen LogP contribution >= 0.6 is 0 Å². The molecule has 0 bridgehead atoms. The third kappa shape index (κ3) is 5.13. The molecular weight excluding hydrogens is 306 g/mol. The minimum atomic E-state index is 0.152. The van der Waals surface area contributed by atoms with Gasteiger partial charge in [0.25, 0.3) is 0 Å². The molecule has 0 unspecified atom stereocenters. The zero-order valence-corrected chi connectivity index (χ0v) is 16.0. The fourth-order valence-electron chi connectivity index (χ4n) is 4.38. The Morgan fingerprint density at radius 3 is 1.96 bits per heavy atom. The summed E-state index contributed by atoms with van der Waals surface area (Å²) in [6.07, 6.45) is 6.11. The summed E-state index contributed by atoms with van der Waals surface area (Å²) >= 11 is 0. The summed E-state index contributed by atoms with van der Waals surface area (Å²) in [5.74, 6) is 0. The Balaban J connectivity index is 1.84. The van der Waals surface area contributed by atoms with Crippen molar-refractivity contribution in [3.8, 4) is 0 Å². The van der Waals surface area contributed by atoms with Crippen LogP contribution in [0.2, 0.25) is 0 Å². The van der Waals surface area contributed by atoms with Gasteiger partial charge in [-0.2, -0.15) is 0 Å². The third-order valence-electron chi connectivity index (χ3n) is 5.05. The summed E-state index contributed by atoms with van der Waals surface area (Å²) in [6.45, 7) is 11.3. The standard InChI is InChI=1S/C22H31N3/c1-21(2)14-20(15-22(3,4)24-21)25(16-18-8-6-5-7-9-18)17-19-10-12-23-13-11-19/h5-13,20,24H,14-17H2,1-4H3. The predicted octanol–water partition coefficient (Wildman–Crippen LogP) is 4.39. The molecule has 0 saturated carbocycles. The Bertz CT molecular complexity index is 607. The number of aromatic nitrogens is 1. The van der Waals surface area contributed by atoms with E-state index in [1.54, 1.807) is 0 Å². The van der Waals surface area contributed by atoms with Crippen LogP contribution in [0.4, 0.5) is 0 Å². The smallest absolute Gasteiger partial charge is 0.0271 e. The van der Waals surface area contributed by atoms with E-state index in [9.17, 15) is 0 Å². The third-order valence-corrected chi connectivity index (χ3v) is 5.05. The van der Waals surface area contributed by atoms with Crippen LogP contribution in [0, 0.1) is 0 Å². The maximum atomic E-state index is 4.17. The molecule has 2 heterocycles. The number of benzene rings is 1. The first kappa shape index (κ1) is 18.1. The van der Waals surface area contributed by atoms with E-state index in [4.69, 9.17) is 0 Å². The Kier molecular flexibility index (Phi) is 5.26. The fourth-order valence-corrected chi connectivity index (χ4v) is 4.38. The van der Waals surface area contributed by atoms with E-state index in [1.165, 1.54) is 11.1 Å². The highest BCUT2D eigenvalue weighted by atomic mass is 15.2. The second-order valence-corrected chi connectivity index (χ2v) is 8.70. The van der Waals surface area contributed by atoms with Crippen molar-refractivity contribution in [3.05, 3.63) is 66.0 Å². The lowest BCUT2D eigenvalue weighted by atomic mass is 9.79. The Hall–Kier alpha value is -1.71. The summed E-state index contributed by atoms with van der Waals surface area (Å²) in [7, 11) is 0. The molecule has 2 aromatic rings. The summed E-state index contributed by atoms with van der Waals surface area (Å²) in [5, 5.41) is 3.81. The molecule has 1 aromatic heterocycles. The molecular formula is C22H31N3. The average molecular weight is 338 g/mol. The molecule has 1 aliphatic rings. The van der Waals surface area contributed by atoms with Crippen LogP contribution in [-0.4, -0.2) is 27.0 Å². The van der Waals surface area contributed by atoms with E-state index in [-0.39, 0.29) is 11.1 Å². The quantitative estimate of drug-likeness (QED) is 0.877. The zero-order valence-electron chi connectivity index (χ0n) is 16.0. The highest BCUT2D eigenvalue weighted by Crippen LogP contribution is 2.33. The largest absolute Gasteiger partial charge is 0.307 e. The van der Waals surface area contributed by atoms with Crippen LogP contribution < -0.4 is 5.32 Å². The van der Waals surface area contributed by atoms with Crippen molar-refractivity contribution in [2.45, 2.75) is 70.7 Å². The summed E-state index contributed by atoms with van der Waals surface area (Å²) in [4.78, 5) is 6.81. The van der Waals surface area contributed by atoms with Crippen molar-refractivity contribution in [2.75, 3.05) is 0 Å². The van der Waals surface area contributed by atoms with Crippen LogP contribution in [0.3, 0.4) is 0 Å². The first-order valence-corrected chi connectivity index (χ1v) is 9.29. The monoisotopic (exact) mass is 337 g/mol. The van der Waals surface area contributed by atoms with E-state index < -0.39 is 0 Å². The normalized spacial score (nSPS) is 19.9. The molecule has 0 radical (unpaired) electrons. The molecule has 3 heteroatoms. The molecule has 0 aliphatic carbocycles. The van der Waals surface area contributed by atoms with Crippen molar-refractivity contribution in [2.24, 2.45) is 0 Å². The minimum Gasteiger partial charge on any atom is -0.307 e. The van der Waals surface area contributed by atoms with Gasteiger partial charge >= 0.3 is 0 Å². The fraction of sp³-hybridized carbons (Fsp3) is 0.500. The van der Waals surface area contributed by atoms with E-state index in [2.05, 4.69) is 85.4 Å². The lowest BCUT2D eigenvalue weighted by molar-refractivity contribution is 0.0563. The van der Waals surface area contributed by atoms with Gasteiger partial charge < -0.3 is 5.32 Å². The van der Waals surface area contributed by atoms with Crippen LogP contribution in [0.1, 0.15) is 51.7 Å². The average Bonchev–Trinajstić information content (AvgIpc) is 2.53. The highest BCUT2D eigenvalue weighted by molar-refractivity contribution is 5.16. The number of hydrogen-bond acceptors (Lipinski definition) is 3. The number of hydrogen-bond donors (Lipinski definition) is 1. The van der Waals surface area contributed by atoms with Crippen molar-refractivity contribution in [3.63, 3.8) is 0 Å². The van der Waals surface area contributed by atoms with Gasteiger partial charge in [-0.15, -0.1) is 0 Å². The number of pyridine rings is 1. The summed E-state index contributed by atoms with van der Waals surface area (Å²) in [5.41, 5.74) is 3.02. The molecule has 25 heavy (non-hydrogen) atoms. The van der Waals surface area contributed by atoms with Gasteiger partial charge in [0.05, 0.1) is 0 Å². The van der Waals surface area contributed by atoms with Crippen LogP contribution in [-0.2, 0) is 13.1 Å². The second-order valence-electron chi connectivity index (χ2n) is 8.70. The van der Waals surface area contributed by atoms with E-state index in [0.717, 1.165) is 25.9 Å². The molecule has 0 atom stereocenters. The molecule has 3 rings (SSSR count). The van der Waals surface area contributed by atoms with Gasteiger partial charge in [-0.05, 0) is 63.8 Å². The van der Waals surface area contributed by atoms with Crippen molar-refractivity contribution < 1.29 is 0 Å². The zero-order chi connectivity index (χ0) is 17.9. The van der Waals surface area contributed by atoms with E-state index in [0.29, 0.717) is 6.04 Å². The molecule has 3 nitrogen and oxygen atoms in total. The molecule has 0 spiro atoms. The van der Waals surface area contributed by atoms with Gasteiger partial charge in [-0.25, -0.2) is 0 Å². The minimum absolute atomic E-state index is 0.152. The number of piperidine rings is 1. The summed E-state index contributed by atoms with van der Waals surface area (Å²) < 4.78 is 0. The molecule has 0 amide bonds. The van der Waals surface area contributed by atoms with Crippen molar-refractivity contribution in [1.82, 2.24) is 15.2 Å². The number of nitrogens with one attached hydrogen (secondary N) is 1. The first-order valence-electron chi connectivity index (χ1n) is 9.29. The van der Waals surface area contributed by atoms with Gasteiger partial charge in [0.1, 0.15) is 0 Å². The maximum absolute atomic E-state index is 4.17. The molecule has 1 fully saturated rings. The molecule has 1 N–H and O–H groups in total. The van der Waals surface area contributed by atoms with Crippen molar-refractivity contribution >= 4 is 0 Å². The van der Waals surface area contributed by atoms with Gasteiger partial charge in [0, 0.05) is 42.6 Å². The lowest BCUT2D eigenvalue weighted by Gasteiger charge is -2.49. The number of rotatable bonds is 5. The predicted molar refractivity (Wildman–Crippen MR) is 104 cm³/mol. The summed E-state index contributed by atoms with van der Waals surface area (Å²) in [6, 6.07) is 15.7. The first-order chi connectivity index (χ1) is 11.8. The topological polar surface area (TPSA) is 28.2 Å². The Morgan fingerprint density at radius 2 is 1.40 bits per heavy atom. The maximum Gasteiger partial charge on any atom is 0.0271 e. The molecule has 1 saturated heterocycles. The van der Waals surface area contributed by atoms with Crippen LogP contribution in [0.15, 0.2) is 54.9 Å². The van der Waals surface area contributed by atoms with Gasteiger partial charge in [-0.3, -0.25) is 9.88 Å². The van der Waals surface area contributed by atoms with Gasteiger partial charge in [0.15, 0.2) is 0 Å². The van der Waals surface area contributed by atoms with Gasteiger partial charge in [-0.1, -0.05) is 30.3 Å². The van der Waals surface area contributed by atoms with E-state index >= 15 is 0 Å². The highest BCUT2D eigenvalue weighted by Gasteiger charge is 2.39.